The average Bonchev–Trinajstić information content (AvgIpc) is 2.31. The Bertz CT molecular complexity index is 601. The van der Waals surface area contributed by atoms with Crippen LogP contribution in [0.4, 0.5) is 0 Å². The molecule has 5 nitrogen and oxygen atoms in total. The molecule has 1 amide bonds. The van der Waals surface area contributed by atoms with Crippen LogP contribution in [0.15, 0.2) is 23.1 Å². The summed E-state index contributed by atoms with van der Waals surface area (Å²) in [6.07, 6.45) is 1.27. The van der Waals surface area contributed by atoms with Gasteiger partial charge in [-0.1, -0.05) is 11.6 Å². The molecule has 19 heavy (non-hydrogen) atoms. The Morgan fingerprint density at radius 3 is 2.79 bits per heavy atom. The first kappa shape index (κ1) is 14.3. The zero-order valence-corrected chi connectivity index (χ0v) is 12.0. The first-order valence-electron chi connectivity index (χ1n) is 5.96. The smallest absolute Gasteiger partial charge is 0.241 e. The molecule has 1 aromatic rings. The lowest BCUT2D eigenvalue weighted by molar-refractivity contribution is -0.124. The van der Waals surface area contributed by atoms with Crippen molar-refractivity contribution in [3.05, 3.63) is 28.8 Å². The Balaban J connectivity index is 2.24. The average molecular weight is 303 g/mol. The first-order chi connectivity index (χ1) is 8.90. The number of hydrogen-bond donors (Lipinski definition) is 2. The van der Waals surface area contributed by atoms with Crippen molar-refractivity contribution in [2.45, 2.75) is 30.7 Å². The van der Waals surface area contributed by atoms with Crippen LogP contribution in [0, 0.1) is 6.92 Å². The molecule has 104 valence electrons. The maximum atomic E-state index is 12.2. The van der Waals surface area contributed by atoms with E-state index in [0.29, 0.717) is 23.6 Å². The van der Waals surface area contributed by atoms with Crippen LogP contribution in [-0.4, -0.2) is 26.9 Å². The van der Waals surface area contributed by atoms with Gasteiger partial charge in [-0.05, 0) is 43.5 Å². The van der Waals surface area contributed by atoms with Gasteiger partial charge in [0.1, 0.15) is 6.04 Å². The van der Waals surface area contributed by atoms with Gasteiger partial charge >= 0.3 is 0 Å². The number of amides is 1. The second-order valence-electron chi connectivity index (χ2n) is 4.52. The number of nitrogens with one attached hydrogen (secondary N) is 2. The van der Waals surface area contributed by atoms with Crippen molar-refractivity contribution in [1.82, 2.24) is 10.0 Å². The van der Waals surface area contributed by atoms with Gasteiger partial charge in [-0.25, -0.2) is 8.42 Å². The number of piperidine rings is 1. The highest BCUT2D eigenvalue weighted by atomic mass is 35.5. The Labute approximate surface area is 117 Å². The largest absolute Gasteiger partial charge is 0.355 e. The lowest BCUT2D eigenvalue weighted by Gasteiger charge is -2.23. The van der Waals surface area contributed by atoms with Gasteiger partial charge in [-0.3, -0.25) is 4.79 Å². The molecular weight excluding hydrogens is 288 g/mol. The molecule has 1 heterocycles. The zero-order valence-electron chi connectivity index (χ0n) is 10.4. The molecule has 0 saturated carbocycles. The molecule has 7 heteroatoms. The van der Waals surface area contributed by atoms with E-state index >= 15 is 0 Å². The molecule has 1 aromatic carbocycles. The van der Waals surface area contributed by atoms with Crippen molar-refractivity contribution in [2.24, 2.45) is 0 Å². The quantitative estimate of drug-likeness (QED) is 0.881. The third-order valence-electron chi connectivity index (χ3n) is 3.01. The van der Waals surface area contributed by atoms with E-state index in [4.69, 9.17) is 11.6 Å². The lowest BCUT2D eigenvalue weighted by atomic mass is 10.1. The van der Waals surface area contributed by atoms with E-state index < -0.39 is 16.1 Å². The molecule has 1 unspecified atom stereocenters. The van der Waals surface area contributed by atoms with E-state index in [2.05, 4.69) is 10.0 Å². The van der Waals surface area contributed by atoms with Gasteiger partial charge in [-0.15, -0.1) is 0 Å². The highest BCUT2D eigenvalue weighted by Crippen LogP contribution is 2.20. The molecule has 2 rings (SSSR count). The Kier molecular flexibility index (Phi) is 4.13. The minimum atomic E-state index is -3.71. The zero-order chi connectivity index (χ0) is 14.0. The maximum absolute atomic E-state index is 12.2. The highest BCUT2D eigenvalue weighted by Gasteiger charge is 2.28. The summed E-state index contributed by atoms with van der Waals surface area (Å²) in [6.45, 7) is 2.26. The second kappa shape index (κ2) is 5.48. The molecule has 0 radical (unpaired) electrons. The standard InChI is InChI=1S/C12H15ClN2O3S/c1-8-7-9(13)4-5-11(8)19(17,18)15-10-3-2-6-14-12(10)16/h4-5,7,10,15H,2-3,6H2,1H3,(H,14,16). The summed E-state index contributed by atoms with van der Waals surface area (Å²) < 4.78 is 26.9. The van der Waals surface area contributed by atoms with Gasteiger partial charge in [0.25, 0.3) is 0 Å². The molecule has 0 aliphatic carbocycles. The number of rotatable bonds is 3. The van der Waals surface area contributed by atoms with Crippen LogP contribution in [0.25, 0.3) is 0 Å². The lowest BCUT2D eigenvalue weighted by Crippen LogP contribution is -2.50. The summed E-state index contributed by atoms with van der Waals surface area (Å²) in [5.74, 6) is -0.276. The Hall–Kier alpha value is -1.11. The molecule has 1 fully saturated rings. The van der Waals surface area contributed by atoms with Crippen molar-refractivity contribution in [3.63, 3.8) is 0 Å². The van der Waals surface area contributed by atoms with Gasteiger partial charge in [-0.2, -0.15) is 4.72 Å². The van der Waals surface area contributed by atoms with Gasteiger partial charge in [0, 0.05) is 11.6 Å². The number of benzene rings is 1. The fourth-order valence-electron chi connectivity index (χ4n) is 2.05. The highest BCUT2D eigenvalue weighted by molar-refractivity contribution is 7.89. The van der Waals surface area contributed by atoms with E-state index in [9.17, 15) is 13.2 Å². The molecule has 0 aromatic heterocycles. The minimum absolute atomic E-state index is 0.148. The number of hydrogen-bond acceptors (Lipinski definition) is 3. The van der Waals surface area contributed by atoms with Crippen LogP contribution in [0.5, 0.6) is 0 Å². The monoisotopic (exact) mass is 302 g/mol. The van der Waals surface area contributed by atoms with Gasteiger partial charge in [0.05, 0.1) is 4.90 Å². The second-order valence-corrected chi connectivity index (χ2v) is 6.64. The van der Waals surface area contributed by atoms with Crippen molar-refractivity contribution < 1.29 is 13.2 Å². The molecule has 1 saturated heterocycles. The predicted octanol–water partition coefficient (Wildman–Crippen LogP) is 1.21. The van der Waals surface area contributed by atoms with Crippen molar-refractivity contribution in [3.8, 4) is 0 Å². The predicted molar refractivity (Wildman–Crippen MR) is 72.5 cm³/mol. The normalized spacial score (nSPS) is 20.1. The van der Waals surface area contributed by atoms with E-state index in [1.54, 1.807) is 13.0 Å². The van der Waals surface area contributed by atoms with Gasteiger partial charge < -0.3 is 5.32 Å². The van der Waals surface area contributed by atoms with Crippen LogP contribution in [0.1, 0.15) is 18.4 Å². The summed E-state index contributed by atoms with van der Waals surface area (Å²) in [5.41, 5.74) is 0.552. The van der Waals surface area contributed by atoms with Crippen molar-refractivity contribution in [2.75, 3.05) is 6.54 Å². The number of carbonyl (C=O) groups excluding carboxylic acids is 1. The number of sulfonamides is 1. The molecule has 2 N–H and O–H groups in total. The van der Waals surface area contributed by atoms with Crippen LogP contribution < -0.4 is 10.0 Å². The fourth-order valence-corrected chi connectivity index (χ4v) is 3.73. The van der Waals surface area contributed by atoms with E-state index in [1.807, 2.05) is 0 Å². The summed E-state index contributed by atoms with van der Waals surface area (Å²) in [4.78, 5) is 11.7. The summed E-state index contributed by atoms with van der Waals surface area (Å²) in [7, 11) is -3.71. The summed E-state index contributed by atoms with van der Waals surface area (Å²) >= 11 is 5.80. The SMILES string of the molecule is Cc1cc(Cl)ccc1S(=O)(=O)NC1CCCNC1=O. The van der Waals surface area contributed by atoms with Crippen LogP contribution in [-0.2, 0) is 14.8 Å². The van der Waals surface area contributed by atoms with Crippen molar-refractivity contribution in [1.29, 1.82) is 0 Å². The van der Waals surface area contributed by atoms with E-state index in [1.165, 1.54) is 12.1 Å². The molecule has 1 aliphatic rings. The number of carbonyl (C=O) groups is 1. The van der Waals surface area contributed by atoms with Crippen LogP contribution in [0.2, 0.25) is 5.02 Å². The topological polar surface area (TPSA) is 75.3 Å². The number of halogens is 1. The van der Waals surface area contributed by atoms with Gasteiger partial charge in [0.2, 0.25) is 15.9 Å². The Morgan fingerprint density at radius 1 is 1.42 bits per heavy atom. The minimum Gasteiger partial charge on any atom is -0.355 e. The Morgan fingerprint density at radius 2 is 2.16 bits per heavy atom. The molecule has 0 bridgehead atoms. The number of aryl methyl sites for hydroxylation is 1. The first-order valence-corrected chi connectivity index (χ1v) is 7.82. The summed E-state index contributed by atoms with van der Waals surface area (Å²) in [5, 5.41) is 3.12. The molecule has 1 aliphatic heterocycles. The fraction of sp³-hybridized carbons (Fsp3) is 0.417. The van der Waals surface area contributed by atoms with E-state index in [0.717, 1.165) is 6.42 Å². The van der Waals surface area contributed by atoms with Crippen LogP contribution >= 0.6 is 11.6 Å². The molecular formula is C12H15ClN2O3S. The van der Waals surface area contributed by atoms with Crippen molar-refractivity contribution >= 4 is 27.5 Å². The molecule has 0 spiro atoms. The molecule has 1 atom stereocenters. The van der Waals surface area contributed by atoms with Gasteiger partial charge in [0.15, 0.2) is 0 Å². The van der Waals surface area contributed by atoms with E-state index in [-0.39, 0.29) is 10.8 Å². The third kappa shape index (κ3) is 3.26. The third-order valence-corrected chi connectivity index (χ3v) is 4.88. The van der Waals surface area contributed by atoms with Crippen LogP contribution in [0.3, 0.4) is 0 Å². The maximum Gasteiger partial charge on any atom is 0.241 e. The summed E-state index contributed by atoms with van der Waals surface area (Å²) in [6, 6.07) is 3.84.